The lowest BCUT2D eigenvalue weighted by molar-refractivity contribution is 0.522. The van der Waals surface area contributed by atoms with Crippen molar-refractivity contribution in [1.82, 2.24) is 0 Å². The summed E-state index contributed by atoms with van der Waals surface area (Å²) in [4.78, 5) is 2.21. The van der Waals surface area contributed by atoms with Crippen molar-refractivity contribution >= 4 is 5.69 Å². The summed E-state index contributed by atoms with van der Waals surface area (Å²) < 4.78 is 14.3. The van der Waals surface area contributed by atoms with Crippen LogP contribution in [0.5, 0.6) is 0 Å². The fraction of sp³-hybridized carbons (Fsp3) is 0.278. The van der Waals surface area contributed by atoms with Crippen molar-refractivity contribution in [3.8, 4) is 6.07 Å². The van der Waals surface area contributed by atoms with Gasteiger partial charge in [-0.1, -0.05) is 37.3 Å². The average molecular weight is 280 g/mol. The van der Waals surface area contributed by atoms with E-state index in [1.165, 1.54) is 17.3 Å². The number of fused-ring (bicyclic) bond motifs is 1. The number of hydrogen-bond donors (Lipinski definition) is 0. The highest BCUT2D eigenvalue weighted by Gasteiger charge is 2.22. The summed E-state index contributed by atoms with van der Waals surface area (Å²) >= 11 is 0. The first-order chi connectivity index (χ1) is 10.2. The van der Waals surface area contributed by atoms with Crippen molar-refractivity contribution < 1.29 is 4.39 Å². The fourth-order valence-corrected chi connectivity index (χ4v) is 3.05. The van der Waals surface area contributed by atoms with Gasteiger partial charge in [0, 0.05) is 24.3 Å². The van der Waals surface area contributed by atoms with Crippen LogP contribution in [0.4, 0.5) is 10.1 Å². The Morgan fingerprint density at radius 2 is 2.05 bits per heavy atom. The molecular weight excluding hydrogens is 263 g/mol. The number of halogens is 1. The molecule has 1 atom stereocenters. The van der Waals surface area contributed by atoms with Crippen LogP contribution >= 0.6 is 0 Å². The summed E-state index contributed by atoms with van der Waals surface area (Å²) in [5.74, 6) is 0.151. The molecule has 0 aliphatic carbocycles. The average Bonchev–Trinajstić information content (AvgIpc) is 2.49. The molecule has 2 aromatic carbocycles. The van der Waals surface area contributed by atoms with Crippen LogP contribution in [0.25, 0.3) is 0 Å². The zero-order valence-electron chi connectivity index (χ0n) is 12.0. The monoisotopic (exact) mass is 280 g/mol. The van der Waals surface area contributed by atoms with Crippen molar-refractivity contribution in [1.29, 1.82) is 5.26 Å². The fourth-order valence-electron chi connectivity index (χ4n) is 3.05. The van der Waals surface area contributed by atoms with Crippen LogP contribution in [0.15, 0.2) is 42.5 Å². The van der Waals surface area contributed by atoms with Crippen molar-refractivity contribution in [2.24, 2.45) is 5.92 Å². The van der Waals surface area contributed by atoms with Gasteiger partial charge in [0.2, 0.25) is 0 Å². The summed E-state index contributed by atoms with van der Waals surface area (Å²) in [7, 11) is 0. The first kappa shape index (κ1) is 13.6. The molecule has 0 radical (unpaired) electrons. The van der Waals surface area contributed by atoms with Crippen LogP contribution < -0.4 is 4.90 Å². The highest BCUT2D eigenvalue weighted by molar-refractivity contribution is 5.56. The number of nitriles is 1. The van der Waals surface area contributed by atoms with E-state index in [2.05, 4.69) is 24.0 Å². The Hall–Kier alpha value is -2.34. The molecule has 3 heteroatoms. The van der Waals surface area contributed by atoms with Gasteiger partial charge in [0.25, 0.3) is 0 Å². The van der Waals surface area contributed by atoms with Gasteiger partial charge in [0.1, 0.15) is 11.9 Å². The Balaban J connectivity index is 1.94. The lowest BCUT2D eigenvalue weighted by Crippen LogP contribution is -2.34. The smallest absolute Gasteiger partial charge is 0.145 e. The maximum Gasteiger partial charge on any atom is 0.145 e. The third-order valence-electron chi connectivity index (χ3n) is 3.99. The number of rotatable bonds is 2. The topological polar surface area (TPSA) is 27.0 Å². The third-order valence-corrected chi connectivity index (χ3v) is 3.99. The number of nitrogens with zero attached hydrogens (tertiary/aromatic N) is 2. The lowest BCUT2D eigenvalue weighted by Gasteiger charge is -2.35. The van der Waals surface area contributed by atoms with E-state index < -0.39 is 5.82 Å². The highest BCUT2D eigenvalue weighted by Crippen LogP contribution is 2.31. The molecule has 1 aliphatic rings. The molecule has 0 saturated heterocycles. The highest BCUT2D eigenvalue weighted by atomic mass is 19.1. The zero-order valence-corrected chi connectivity index (χ0v) is 12.0. The molecular formula is C18H17FN2. The van der Waals surface area contributed by atoms with Gasteiger partial charge in [-0.05, 0) is 30.0 Å². The molecule has 0 spiro atoms. The van der Waals surface area contributed by atoms with Gasteiger partial charge < -0.3 is 4.90 Å². The van der Waals surface area contributed by atoms with Gasteiger partial charge in [0.15, 0.2) is 0 Å². The Morgan fingerprint density at radius 3 is 2.86 bits per heavy atom. The predicted octanol–water partition coefficient (Wildman–Crippen LogP) is 3.90. The first-order valence-corrected chi connectivity index (χ1v) is 7.19. The molecule has 106 valence electrons. The van der Waals surface area contributed by atoms with Crippen LogP contribution in [-0.4, -0.2) is 6.54 Å². The number of para-hydroxylation sites is 1. The minimum absolute atomic E-state index is 0.117. The van der Waals surface area contributed by atoms with E-state index in [-0.39, 0.29) is 5.56 Å². The molecule has 0 aromatic heterocycles. The molecule has 3 rings (SSSR count). The normalized spacial score (nSPS) is 17.2. The second-order valence-electron chi connectivity index (χ2n) is 5.71. The van der Waals surface area contributed by atoms with E-state index in [9.17, 15) is 4.39 Å². The van der Waals surface area contributed by atoms with Crippen LogP contribution in [0.2, 0.25) is 0 Å². The molecule has 0 amide bonds. The van der Waals surface area contributed by atoms with E-state index in [1.54, 1.807) is 12.1 Å². The molecule has 2 aromatic rings. The van der Waals surface area contributed by atoms with Crippen molar-refractivity contribution in [2.45, 2.75) is 19.9 Å². The maximum atomic E-state index is 14.3. The Labute approximate surface area is 124 Å². The van der Waals surface area contributed by atoms with Crippen molar-refractivity contribution in [3.63, 3.8) is 0 Å². The van der Waals surface area contributed by atoms with E-state index in [1.807, 2.05) is 18.2 Å². The van der Waals surface area contributed by atoms with E-state index in [0.717, 1.165) is 13.0 Å². The first-order valence-electron chi connectivity index (χ1n) is 7.19. The van der Waals surface area contributed by atoms with Crippen molar-refractivity contribution in [2.75, 3.05) is 11.4 Å². The summed E-state index contributed by atoms with van der Waals surface area (Å²) in [6.07, 6.45) is 1.06. The largest absolute Gasteiger partial charge is 0.367 e. The number of hydrogen-bond acceptors (Lipinski definition) is 2. The zero-order chi connectivity index (χ0) is 14.8. The summed E-state index contributed by atoms with van der Waals surface area (Å²) in [5, 5.41) is 8.94. The minimum atomic E-state index is -0.393. The van der Waals surface area contributed by atoms with E-state index >= 15 is 0 Å². The molecule has 0 bridgehead atoms. The molecule has 1 unspecified atom stereocenters. The van der Waals surface area contributed by atoms with Crippen LogP contribution in [0.3, 0.4) is 0 Å². The molecule has 2 nitrogen and oxygen atoms in total. The van der Waals surface area contributed by atoms with Crippen molar-refractivity contribution in [3.05, 3.63) is 65.0 Å². The van der Waals surface area contributed by atoms with Gasteiger partial charge in [0.05, 0.1) is 5.56 Å². The van der Waals surface area contributed by atoms with Gasteiger partial charge in [-0.2, -0.15) is 5.26 Å². The summed E-state index contributed by atoms with van der Waals surface area (Å²) in [6.45, 7) is 3.63. The van der Waals surface area contributed by atoms with Crippen LogP contribution in [-0.2, 0) is 13.0 Å². The SMILES string of the molecule is CC1Cc2ccccc2N(Cc2cccc(C#N)c2F)C1. The Morgan fingerprint density at radius 1 is 1.24 bits per heavy atom. The van der Waals surface area contributed by atoms with Gasteiger partial charge >= 0.3 is 0 Å². The number of benzene rings is 2. The quantitative estimate of drug-likeness (QED) is 0.834. The van der Waals surface area contributed by atoms with Gasteiger partial charge in [-0.15, -0.1) is 0 Å². The van der Waals surface area contributed by atoms with E-state index in [4.69, 9.17) is 5.26 Å². The van der Waals surface area contributed by atoms with Crippen LogP contribution in [0, 0.1) is 23.1 Å². The predicted molar refractivity (Wildman–Crippen MR) is 81.5 cm³/mol. The summed E-state index contributed by atoms with van der Waals surface area (Å²) in [6, 6.07) is 15.2. The molecule has 21 heavy (non-hydrogen) atoms. The lowest BCUT2D eigenvalue weighted by atomic mass is 9.93. The molecule has 1 aliphatic heterocycles. The molecule has 0 N–H and O–H groups in total. The second kappa shape index (κ2) is 5.57. The maximum absolute atomic E-state index is 14.3. The standard InChI is InChI=1S/C18H17FN2/c1-13-9-14-5-2-3-8-17(14)21(11-13)12-16-7-4-6-15(10-20)18(16)19/h2-8,13H,9,11-12H2,1H3. The third kappa shape index (κ3) is 2.62. The molecule has 0 fully saturated rings. The Bertz CT molecular complexity index is 703. The van der Waals surface area contributed by atoms with Gasteiger partial charge in [-0.25, -0.2) is 4.39 Å². The summed E-state index contributed by atoms with van der Waals surface area (Å²) in [5.41, 5.74) is 3.19. The van der Waals surface area contributed by atoms with E-state index in [0.29, 0.717) is 18.0 Å². The molecule has 1 heterocycles. The Kier molecular flexibility index (Phi) is 3.62. The van der Waals surface area contributed by atoms with Gasteiger partial charge in [-0.3, -0.25) is 0 Å². The second-order valence-corrected chi connectivity index (χ2v) is 5.71. The van der Waals surface area contributed by atoms with Crippen LogP contribution in [0.1, 0.15) is 23.6 Å². The molecule has 0 saturated carbocycles. The minimum Gasteiger partial charge on any atom is -0.367 e. The number of anilines is 1.